The molecular formula is C15H20BrClN2O. The fraction of sp³-hybridized carbons (Fsp3) is 0.600. The minimum absolute atomic E-state index is 0.178. The van der Waals surface area contributed by atoms with Crippen LogP contribution in [0.25, 0.3) is 0 Å². The van der Waals surface area contributed by atoms with Gasteiger partial charge in [-0.15, -0.1) is 0 Å². The molecule has 1 aromatic carbocycles. The van der Waals surface area contributed by atoms with E-state index in [2.05, 4.69) is 26.1 Å². The predicted octanol–water partition coefficient (Wildman–Crippen LogP) is 3.50. The van der Waals surface area contributed by atoms with Crippen molar-refractivity contribution in [1.82, 2.24) is 4.90 Å². The highest BCUT2D eigenvalue weighted by Crippen LogP contribution is 2.36. The Kier molecular flexibility index (Phi) is 4.27. The van der Waals surface area contributed by atoms with E-state index in [4.69, 9.17) is 11.6 Å². The smallest absolute Gasteiger partial charge is 0.0662 e. The summed E-state index contributed by atoms with van der Waals surface area (Å²) in [6.07, 6.45) is 4.55. The van der Waals surface area contributed by atoms with Gasteiger partial charge in [-0.2, -0.15) is 0 Å². The van der Waals surface area contributed by atoms with Crippen LogP contribution in [0, 0.1) is 0 Å². The van der Waals surface area contributed by atoms with Gasteiger partial charge in [-0.3, -0.25) is 0 Å². The molecule has 110 valence electrons. The van der Waals surface area contributed by atoms with Crippen molar-refractivity contribution in [2.75, 3.05) is 25.0 Å². The van der Waals surface area contributed by atoms with Crippen LogP contribution < -0.4 is 5.32 Å². The van der Waals surface area contributed by atoms with Crippen molar-refractivity contribution in [1.29, 1.82) is 0 Å². The quantitative estimate of drug-likeness (QED) is 0.867. The molecule has 2 unspecified atom stereocenters. The topological polar surface area (TPSA) is 35.5 Å². The number of fused-ring (bicyclic) bond motifs is 1. The van der Waals surface area contributed by atoms with Crippen LogP contribution in [0.5, 0.6) is 0 Å². The molecular weight excluding hydrogens is 340 g/mol. The number of hydrogen-bond acceptors (Lipinski definition) is 3. The van der Waals surface area contributed by atoms with Gasteiger partial charge in [0.25, 0.3) is 0 Å². The third-order valence-corrected chi connectivity index (χ3v) is 5.85. The molecule has 20 heavy (non-hydrogen) atoms. The first kappa shape index (κ1) is 14.6. The third-order valence-electron chi connectivity index (χ3n) is 4.63. The number of benzene rings is 1. The summed E-state index contributed by atoms with van der Waals surface area (Å²) in [6.45, 7) is 2.48. The van der Waals surface area contributed by atoms with Crippen molar-refractivity contribution in [3.8, 4) is 0 Å². The average molecular weight is 360 g/mol. The molecule has 0 aliphatic carbocycles. The van der Waals surface area contributed by atoms with Crippen LogP contribution >= 0.6 is 27.5 Å². The van der Waals surface area contributed by atoms with Gasteiger partial charge >= 0.3 is 0 Å². The maximum atomic E-state index is 9.93. The van der Waals surface area contributed by atoms with Gasteiger partial charge in [0.05, 0.1) is 17.2 Å². The summed E-state index contributed by atoms with van der Waals surface area (Å²) in [4.78, 5) is 2.56. The van der Waals surface area contributed by atoms with E-state index in [9.17, 15) is 5.11 Å². The molecule has 0 aromatic heterocycles. The molecule has 2 fully saturated rings. The van der Waals surface area contributed by atoms with Gasteiger partial charge < -0.3 is 15.3 Å². The Morgan fingerprint density at radius 1 is 1.45 bits per heavy atom. The summed E-state index contributed by atoms with van der Waals surface area (Å²) in [5.74, 6) is 0. The maximum Gasteiger partial charge on any atom is 0.0662 e. The molecule has 2 aliphatic heterocycles. The van der Waals surface area contributed by atoms with Gasteiger partial charge in [-0.1, -0.05) is 11.6 Å². The van der Waals surface area contributed by atoms with E-state index < -0.39 is 0 Å². The SMILES string of the molecule is OCC1(Nc2ccc(Cl)c(Br)c2)CCN2CCCC2C1. The number of aliphatic hydroxyl groups excluding tert-OH is 1. The van der Waals surface area contributed by atoms with E-state index in [1.165, 1.54) is 19.4 Å². The molecule has 3 nitrogen and oxygen atoms in total. The number of nitrogens with one attached hydrogen (secondary N) is 1. The molecule has 0 saturated carbocycles. The normalized spacial score (nSPS) is 30.2. The molecule has 3 rings (SSSR count). The van der Waals surface area contributed by atoms with E-state index in [1.807, 2.05) is 18.2 Å². The Morgan fingerprint density at radius 2 is 2.30 bits per heavy atom. The monoisotopic (exact) mass is 358 g/mol. The molecule has 0 amide bonds. The molecule has 2 heterocycles. The lowest BCUT2D eigenvalue weighted by molar-refractivity contribution is 0.0964. The Morgan fingerprint density at radius 3 is 3.05 bits per heavy atom. The largest absolute Gasteiger partial charge is 0.394 e. The van der Waals surface area contributed by atoms with E-state index in [-0.39, 0.29) is 12.1 Å². The summed E-state index contributed by atoms with van der Waals surface area (Å²) in [7, 11) is 0. The van der Waals surface area contributed by atoms with Crippen LogP contribution in [0.1, 0.15) is 25.7 Å². The predicted molar refractivity (Wildman–Crippen MR) is 86.4 cm³/mol. The van der Waals surface area contributed by atoms with Crippen molar-refractivity contribution in [3.05, 3.63) is 27.7 Å². The Labute approximate surface area is 133 Å². The van der Waals surface area contributed by atoms with E-state index in [1.54, 1.807) is 0 Å². The minimum Gasteiger partial charge on any atom is -0.394 e. The fourth-order valence-corrected chi connectivity index (χ4v) is 4.00. The van der Waals surface area contributed by atoms with Gasteiger partial charge in [0.15, 0.2) is 0 Å². The molecule has 1 aromatic rings. The highest BCUT2D eigenvalue weighted by Gasteiger charge is 2.41. The number of halogens is 2. The van der Waals surface area contributed by atoms with Crippen LogP contribution in [-0.4, -0.2) is 41.3 Å². The lowest BCUT2D eigenvalue weighted by Crippen LogP contribution is -2.54. The van der Waals surface area contributed by atoms with Crippen molar-refractivity contribution < 1.29 is 5.11 Å². The van der Waals surface area contributed by atoms with Crippen LogP contribution in [0.3, 0.4) is 0 Å². The second-order valence-corrected chi connectivity index (χ2v) is 7.24. The van der Waals surface area contributed by atoms with Crippen LogP contribution in [0.15, 0.2) is 22.7 Å². The molecule has 2 atom stereocenters. The Bertz CT molecular complexity index is 499. The van der Waals surface area contributed by atoms with Gasteiger partial charge in [-0.25, -0.2) is 0 Å². The summed E-state index contributed by atoms with van der Waals surface area (Å²) in [6, 6.07) is 6.47. The Balaban J connectivity index is 1.77. The zero-order valence-corrected chi connectivity index (χ0v) is 13.8. The molecule has 5 heteroatoms. The van der Waals surface area contributed by atoms with Crippen LogP contribution in [-0.2, 0) is 0 Å². The number of nitrogens with zero attached hydrogens (tertiary/aromatic N) is 1. The second kappa shape index (κ2) is 5.84. The van der Waals surface area contributed by atoms with Crippen LogP contribution in [0.2, 0.25) is 5.02 Å². The average Bonchev–Trinajstić information content (AvgIpc) is 2.90. The number of aliphatic hydroxyl groups is 1. The van der Waals surface area contributed by atoms with Crippen molar-refractivity contribution in [2.45, 2.75) is 37.3 Å². The van der Waals surface area contributed by atoms with Gasteiger partial charge in [0, 0.05) is 22.7 Å². The fourth-order valence-electron chi connectivity index (χ4n) is 3.51. The molecule has 0 spiro atoms. The number of anilines is 1. The van der Waals surface area contributed by atoms with Gasteiger partial charge in [-0.05, 0) is 66.4 Å². The lowest BCUT2D eigenvalue weighted by Gasteiger charge is -2.44. The number of hydrogen-bond donors (Lipinski definition) is 2. The summed E-state index contributed by atoms with van der Waals surface area (Å²) >= 11 is 9.49. The van der Waals surface area contributed by atoms with Crippen molar-refractivity contribution in [3.63, 3.8) is 0 Å². The number of piperidine rings is 1. The number of rotatable bonds is 3. The maximum absolute atomic E-state index is 9.93. The second-order valence-electron chi connectivity index (χ2n) is 5.98. The highest BCUT2D eigenvalue weighted by atomic mass is 79.9. The molecule has 2 saturated heterocycles. The molecule has 2 aliphatic rings. The van der Waals surface area contributed by atoms with Crippen molar-refractivity contribution >= 4 is 33.2 Å². The van der Waals surface area contributed by atoms with E-state index in [0.29, 0.717) is 11.1 Å². The zero-order valence-electron chi connectivity index (χ0n) is 11.4. The molecule has 2 N–H and O–H groups in total. The Hall–Kier alpha value is -0.290. The standard InChI is InChI=1S/C15H20BrClN2O/c16-13-8-11(3-4-14(13)17)18-15(10-20)5-7-19-6-1-2-12(19)9-15/h3-4,8,12,18,20H,1-2,5-7,9-10H2. The molecule has 0 bridgehead atoms. The summed E-state index contributed by atoms with van der Waals surface area (Å²) in [5, 5.41) is 14.2. The first-order valence-corrected chi connectivity index (χ1v) is 8.37. The first-order chi connectivity index (χ1) is 9.62. The van der Waals surface area contributed by atoms with Gasteiger partial charge in [0.2, 0.25) is 0 Å². The first-order valence-electron chi connectivity index (χ1n) is 7.20. The van der Waals surface area contributed by atoms with E-state index >= 15 is 0 Å². The highest BCUT2D eigenvalue weighted by molar-refractivity contribution is 9.10. The summed E-state index contributed by atoms with van der Waals surface area (Å²) < 4.78 is 0.885. The summed E-state index contributed by atoms with van der Waals surface area (Å²) in [5.41, 5.74) is 0.820. The lowest BCUT2D eigenvalue weighted by atomic mass is 9.83. The zero-order chi connectivity index (χ0) is 14.2. The van der Waals surface area contributed by atoms with Gasteiger partial charge in [0.1, 0.15) is 0 Å². The van der Waals surface area contributed by atoms with E-state index in [0.717, 1.165) is 29.5 Å². The minimum atomic E-state index is -0.196. The van der Waals surface area contributed by atoms with Crippen LogP contribution in [0.4, 0.5) is 5.69 Å². The molecule has 0 radical (unpaired) electrons. The van der Waals surface area contributed by atoms with Crippen molar-refractivity contribution in [2.24, 2.45) is 0 Å². The third kappa shape index (κ3) is 2.84.